The van der Waals surface area contributed by atoms with Crippen LogP contribution in [0.2, 0.25) is 0 Å². The molecule has 1 aromatic rings. The van der Waals surface area contributed by atoms with Crippen LogP contribution in [0.15, 0.2) is 18.3 Å². The fourth-order valence-corrected chi connectivity index (χ4v) is 2.97. The number of hydrogen-bond acceptors (Lipinski definition) is 4. The monoisotopic (exact) mass is 287 g/mol. The van der Waals surface area contributed by atoms with Gasteiger partial charge in [0.15, 0.2) is 0 Å². The van der Waals surface area contributed by atoms with Gasteiger partial charge in [-0.05, 0) is 12.1 Å². The first-order valence-electron chi connectivity index (χ1n) is 5.84. The van der Waals surface area contributed by atoms with Crippen molar-refractivity contribution in [1.82, 2.24) is 14.2 Å². The molecular formula is C11H17N3O4S. The Bertz CT molecular complexity index is 581. The van der Waals surface area contributed by atoms with Gasteiger partial charge in [-0.1, -0.05) is 0 Å². The summed E-state index contributed by atoms with van der Waals surface area (Å²) in [5, 5.41) is 9.81. The third kappa shape index (κ3) is 3.14. The van der Waals surface area contributed by atoms with Gasteiger partial charge in [-0.25, -0.2) is 13.1 Å². The van der Waals surface area contributed by atoms with Gasteiger partial charge in [0.05, 0.1) is 18.4 Å². The highest BCUT2D eigenvalue weighted by Gasteiger charge is 2.36. The third-order valence-corrected chi connectivity index (χ3v) is 3.84. The highest BCUT2D eigenvalue weighted by Crippen LogP contribution is 2.15. The van der Waals surface area contributed by atoms with E-state index < -0.39 is 22.2 Å². The van der Waals surface area contributed by atoms with Crippen LogP contribution in [0, 0.1) is 0 Å². The van der Waals surface area contributed by atoms with Gasteiger partial charge in [0.1, 0.15) is 5.69 Å². The Kier molecular flexibility index (Phi) is 3.66. The maximum Gasteiger partial charge on any atom is 0.270 e. The van der Waals surface area contributed by atoms with Gasteiger partial charge < -0.3 is 14.6 Å². The summed E-state index contributed by atoms with van der Waals surface area (Å²) in [4.78, 5) is 13.6. The molecule has 7 nitrogen and oxygen atoms in total. The van der Waals surface area contributed by atoms with Gasteiger partial charge >= 0.3 is 0 Å². The number of hydrogen-bond donors (Lipinski definition) is 2. The van der Waals surface area contributed by atoms with Gasteiger partial charge in [0.2, 0.25) is 10.0 Å². The summed E-state index contributed by atoms with van der Waals surface area (Å²) in [6.07, 6.45) is 1.90. The Hall–Kier alpha value is -1.38. The van der Waals surface area contributed by atoms with Gasteiger partial charge in [-0.3, -0.25) is 4.79 Å². The maximum atomic E-state index is 12.2. The van der Waals surface area contributed by atoms with Crippen LogP contribution in [0.5, 0.6) is 0 Å². The highest BCUT2D eigenvalue weighted by molar-refractivity contribution is 7.88. The normalized spacial score (nSPS) is 23.8. The first-order chi connectivity index (χ1) is 8.78. The molecule has 0 aliphatic carbocycles. The van der Waals surface area contributed by atoms with Crippen LogP contribution in [0.1, 0.15) is 10.5 Å². The first-order valence-corrected chi connectivity index (χ1v) is 7.73. The van der Waals surface area contributed by atoms with Crippen LogP contribution in [-0.4, -0.2) is 60.4 Å². The van der Waals surface area contributed by atoms with Crippen molar-refractivity contribution in [3.63, 3.8) is 0 Å². The van der Waals surface area contributed by atoms with E-state index in [1.807, 2.05) is 0 Å². The topological polar surface area (TPSA) is 91.6 Å². The van der Waals surface area contributed by atoms with Crippen molar-refractivity contribution < 1.29 is 18.3 Å². The largest absolute Gasteiger partial charge is 0.390 e. The summed E-state index contributed by atoms with van der Waals surface area (Å²) in [6, 6.07) is 2.79. The summed E-state index contributed by atoms with van der Waals surface area (Å²) in [5.41, 5.74) is 0.507. The standard InChI is InChI=1S/C11H17N3O4S/c1-13-5-3-4-9(13)11(16)14-6-8(10(15)7-14)12-19(2,17)18/h3-5,8,10,12,15H,6-7H2,1-2H3/t8-,10-/m1/s1. The fraction of sp³-hybridized carbons (Fsp3) is 0.545. The van der Waals surface area contributed by atoms with Gasteiger partial charge in [-0.2, -0.15) is 0 Å². The number of carbonyl (C=O) groups excluding carboxylic acids is 1. The Labute approximate surface area is 111 Å². The number of nitrogens with one attached hydrogen (secondary N) is 1. The quantitative estimate of drug-likeness (QED) is 0.727. The number of likely N-dealkylation sites (tertiary alicyclic amines) is 1. The summed E-state index contributed by atoms with van der Waals surface area (Å²) < 4.78 is 26.3. The second-order valence-corrected chi connectivity index (χ2v) is 6.56. The first kappa shape index (κ1) is 14.0. The highest BCUT2D eigenvalue weighted by atomic mass is 32.2. The number of carbonyl (C=O) groups is 1. The van der Waals surface area contributed by atoms with E-state index in [1.165, 1.54) is 4.90 Å². The SMILES string of the molecule is Cn1cccc1C(=O)N1C[C@@H](O)[C@H](NS(C)(=O)=O)C1. The maximum absolute atomic E-state index is 12.2. The van der Waals surface area contributed by atoms with E-state index in [2.05, 4.69) is 4.72 Å². The molecule has 0 unspecified atom stereocenters. The number of nitrogens with zero attached hydrogens (tertiary/aromatic N) is 2. The van der Waals surface area contributed by atoms with Crippen molar-refractivity contribution in [2.24, 2.45) is 7.05 Å². The number of β-amino-alcohol motifs (C(OH)–C–C–N with tert-alkyl or cyclic N) is 1. The number of amides is 1. The average molecular weight is 287 g/mol. The average Bonchev–Trinajstić information content (AvgIpc) is 2.83. The van der Waals surface area contributed by atoms with E-state index in [-0.39, 0.29) is 19.0 Å². The Morgan fingerprint density at radius 1 is 1.47 bits per heavy atom. The molecular weight excluding hydrogens is 270 g/mol. The molecule has 0 spiro atoms. The molecule has 2 atom stereocenters. The second kappa shape index (κ2) is 4.95. The Morgan fingerprint density at radius 3 is 2.68 bits per heavy atom. The van der Waals surface area contributed by atoms with Crippen molar-refractivity contribution in [2.45, 2.75) is 12.1 Å². The summed E-state index contributed by atoms with van der Waals surface area (Å²) in [6.45, 7) is 0.287. The molecule has 0 bridgehead atoms. The molecule has 1 aromatic heterocycles. The van der Waals surface area contributed by atoms with E-state index in [0.717, 1.165) is 6.26 Å². The van der Waals surface area contributed by atoms with E-state index in [0.29, 0.717) is 5.69 Å². The molecule has 1 saturated heterocycles. The molecule has 0 radical (unpaired) electrons. The van der Waals surface area contributed by atoms with Gasteiger partial charge in [0, 0.05) is 26.3 Å². The Balaban J connectivity index is 2.09. The van der Waals surface area contributed by atoms with Gasteiger partial charge in [-0.15, -0.1) is 0 Å². The number of aromatic nitrogens is 1. The zero-order valence-electron chi connectivity index (χ0n) is 10.8. The summed E-state index contributed by atoms with van der Waals surface area (Å²) in [7, 11) is -1.65. The minimum Gasteiger partial charge on any atom is -0.390 e. The number of aliphatic hydroxyl groups is 1. The zero-order chi connectivity index (χ0) is 14.2. The van der Waals surface area contributed by atoms with Crippen LogP contribution < -0.4 is 4.72 Å². The van der Waals surface area contributed by atoms with E-state index in [9.17, 15) is 18.3 Å². The van der Waals surface area contributed by atoms with E-state index in [4.69, 9.17) is 0 Å². The van der Waals surface area contributed by atoms with Crippen LogP contribution in [0.25, 0.3) is 0 Å². The van der Waals surface area contributed by atoms with Crippen molar-refractivity contribution in [3.05, 3.63) is 24.0 Å². The lowest BCUT2D eigenvalue weighted by Gasteiger charge is -2.16. The number of rotatable bonds is 3. The third-order valence-electron chi connectivity index (χ3n) is 3.10. The zero-order valence-corrected chi connectivity index (χ0v) is 11.6. The van der Waals surface area contributed by atoms with Crippen molar-refractivity contribution >= 4 is 15.9 Å². The van der Waals surface area contributed by atoms with Crippen LogP contribution >= 0.6 is 0 Å². The smallest absolute Gasteiger partial charge is 0.270 e. The van der Waals surface area contributed by atoms with Crippen molar-refractivity contribution in [2.75, 3.05) is 19.3 Å². The molecule has 1 amide bonds. The van der Waals surface area contributed by atoms with Crippen molar-refractivity contribution in [3.8, 4) is 0 Å². The van der Waals surface area contributed by atoms with Crippen molar-refractivity contribution in [1.29, 1.82) is 0 Å². The van der Waals surface area contributed by atoms with Gasteiger partial charge in [0.25, 0.3) is 5.91 Å². The van der Waals surface area contributed by atoms with Crippen LogP contribution in [-0.2, 0) is 17.1 Å². The number of aliphatic hydroxyl groups excluding tert-OH is 1. The lowest BCUT2D eigenvalue weighted by Crippen LogP contribution is -2.42. The number of aryl methyl sites for hydroxylation is 1. The fourth-order valence-electron chi connectivity index (χ4n) is 2.19. The summed E-state index contributed by atoms with van der Waals surface area (Å²) >= 11 is 0. The lowest BCUT2D eigenvalue weighted by atomic mass is 10.2. The molecule has 1 aliphatic heterocycles. The molecule has 2 rings (SSSR count). The predicted molar refractivity (Wildman–Crippen MR) is 69.1 cm³/mol. The molecule has 2 heterocycles. The van der Waals surface area contributed by atoms with E-state index >= 15 is 0 Å². The lowest BCUT2D eigenvalue weighted by molar-refractivity contribution is 0.0755. The minimum atomic E-state index is -3.40. The second-order valence-electron chi connectivity index (χ2n) is 4.78. The molecule has 0 aromatic carbocycles. The van der Waals surface area contributed by atoms with Crippen LogP contribution in [0.3, 0.4) is 0 Å². The molecule has 106 valence electrons. The molecule has 1 fully saturated rings. The Morgan fingerprint density at radius 2 is 2.16 bits per heavy atom. The predicted octanol–water partition coefficient (Wildman–Crippen LogP) is -1.24. The number of sulfonamides is 1. The van der Waals surface area contributed by atoms with E-state index in [1.54, 1.807) is 29.9 Å². The molecule has 0 saturated carbocycles. The van der Waals surface area contributed by atoms with Crippen LogP contribution in [0.4, 0.5) is 0 Å². The molecule has 19 heavy (non-hydrogen) atoms. The molecule has 8 heteroatoms. The summed E-state index contributed by atoms with van der Waals surface area (Å²) in [5.74, 6) is -0.218. The minimum absolute atomic E-state index is 0.122. The molecule has 1 aliphatic rings. The molecule has 2 N–H and O–H groups in total.